The molecule has 2 nitrogen and oxygen atoms in total. The molecule has 0 aliphatic rings. The molecule has 0 heterocycles. The molecule has 0 aromatic rings. The van der Waals surface area contributed by atoms with Gasteiger partial charge in [0.2, 0.25) is 0 Å². The van der Waals surface area contributed by atoms with Gasteiger partial charge in [-0.3, -0.25) is 4.79 Å². The number of unbranched alkanes of at least 4 members (excludes halogenated alkanes) is 13. The number of carbonyl (C=O) groups excluding carboxylic acids is 1. The van der Waals surface area contributed by atoms with Crippen molar-refractivity contribution in [2.24, 2.45) is 0 Å². The molecule has 0 radical (unpaired) electrons. The largest absolute Gasteiger partial charge is 0.463 e. The Morgan fingerprint density at radius 3 is 1.58 bits per heavy atom. The summed E-state index contributed by atoms with van der Waals surface area (Å²) in [6.07, 6.45) is 21.1. The van der Waals surface area contributed by atoms with Crippen LogP contribution in [0.4, 0.5) is 0 Å². The summed E-state index contributed by atoms with van der Waals surface area (Å²) in [7, 11) is 0. The van der Waals surface area contributed by atoms with E-state index in [0.29, 0.717) is 6.42 Å². The van der Waals surface area contributed by atoms with E-state index in [4.69, 9.17) is 4.74 Å². The van der Waals surface area contributed by atoms with Gasteiger partial charge in [-0.1, -0.05) is 97.3 Å². The molecule has 0 aliphatic carbocycles. The third kappa shape index (κ3) is 17.8. The van der Waals surface area contributed by atoms with Crippen molar-refractivity contribution in [2.45, 2.75) is 136 Å². The highest BCUT2D eigenvalue weighted by Crippen LogP contribution is 2.13. The summed E-state index contributed by atoms with van der Waals surface area (Å²) in [6, 6.07) is 0. The van der Waals surface area contributed by atoms with E-state index >= 15 is 0 Å². The summed E-state index contributed by atoms with van der Waals surface area (Å²) >= 11 is 0. The number of esters is 1. The van der Waals surface area contributed by atoms with Crippen LogP contribution in [0.1, 0.15) is 130 Å². The van der Waals surface area contributed by atoms with E-state index in [2.05, 4.69) is 13.8 Å². The second kappa shape index (κ2) is 18.8. The lowest BCUT2D eigenvalue weighted by Gasteiger charge is -2.13. The van der Waals surface area contributed by atoms with E-state index in [1.807, 2.05) is 6.92 Å². The van der Waals surface area contributed by atoms with Gasteiger partial charge in [0.15, 0.2) is 0 Å². The van der Waals surface area contributed by atoms with Crippen LogP contribution in [0.2, 0.25) is 0 Å². The van der Waals surface area contributed by atoms with Gasteiger partial charge in [-0.2, -0.15) is 0 Å². The van der Waals surface area contributed by atoms with Crippen LogP contribution in [-0.4, -0.2) is 12.1 Å². The van der Waals surface area contributed by atoms with E-state index < -0.39 is 0 Å². The highest BCUT2D eigenvalue weighted by molar-refractivity contribution is 5.69. The minimum atomic E-state index is 0.00984. The van der Waals surface area contributed by atoms with Gasteiger partial charge in [0.25, 0.3) is 0 Å². The molecular weight excluding hydrogens is 296 g/mol. The molecule has 1 atom stereocenters. The Morgan fingerprint density at radius 2 is 1.08 bits per heavy atom. The Morgan fingerprint density at radius 1 is 0.667 bits per heavy atom. The van der Waals surface area contributed by atoms with Crippen LogP contribution in [-0.2, 0) is 9.53 Å². The highest BCUT2D eigenvalue weighted by atomic mass is 16.5. The zero-order valence-electron chi connectivity index (χ0n) is 16.9. The van der Waals surface area contributed by atoms with Crippen LogP contribution in [0, 0.1) is 0 Å². The van der Waals surface area contributed by atoms with Gasteiger partial charge in [-0.25, -0.2) is 0 Å². The van der Waals surface area contributed by atoms with E-state index in [9.17, 15) is 4.79 Å². The van der Waals surface area contributed by atoms with Gasteiger partial charge in [-0.15, -0.1) is 0 Å². The monoisotopic (exact) mass is 340 g/mol. The molecule has 144 valence electrons. The molecule has 0 amide bonds. The average Bonchev–Trinajstić information content (AvgIpc) is 2.56. The Balaban J connectivity index is 3.33. The second-order valence-electron chi connectivity index (χ2n) is 7.44. The van der Waals surface area contributed by atoms with E-state index in [-0.39, 0.29) is 12.1 Å². The van der Waals surface area contributed by atoms with E-state index in [0.717, 1.165) is 12.8 Å². The molecule has 0 saturated carbocycles. The van der Waals surface area contributed by atoms with Crippen molar-refractivity contribution in [3.8, 4) is 0 Å². The smallest absolute Gasteiger partial charge is 0.306 e. The van der Waals surface area contributed by atoms with Crippen LogP contribution in [0.3, 0.4) is 0 Å². The second-order valence-corrected chi connectivity index (χ2v) is 7.44. The minimum absolute atomic E-state index is 0.00984. The van der Waals surface area contributed by atoms with Crippen LogP contribution in [0.15, 0.2) is 0 Å². The lowest BCUT2D eigenvalue weighted by atomic mass is 10.1. The molecule has 1 unspecified atom stereocenters. The molecule has 24 heavy (non-hydrogen) atoms. The van der Waals surface area contributed by atoms with Crippen molar-refractivity contribution in [1.82, 2.24) is 0 Å². The van der Waals surface area contributed by atoms with Gasteiger partial charge in [0, 0.05) is 6.42 Å². The third-order valence-electron chi connectivity index (χ3n) is 4.78. The van der Waals surface area contributed by atoms with Crippen molar-refractivity contribution in [3.05, 3.63) is 0 Å². The maximum absolute atomic E-state index is 11.8. The first-order valence-electron chi connectivity index (χ1n) is 10.9. The summed E-state index contributed by atoms with van der Waals surface area (Å²) in [5, 5.41) is 0. The maximum atomic E-state index is 11.8. The molecule has 0 fully saturated rings. The molecule has 0 aliphatic heterocycles. The molecule has 0 aromatic heterocycles. The van der Waals surface area contributed by atoms with Crippen molar-refractivity contribution in [2.75, 3.05) is 0 Å². The maximum Gasteiger partial charge on any atom is 0.306 e. The van der Waals surface area contributed by atoms with Crippen molar-refractivity contribution in [1.29, 1.82) is 0 Å². The molecule has 0 rings (SSSR count). The molecule has 0 aromatic carbocycles. The summed E-state index contributed by atoms with van der Waals surface area (Å²) in [5.74, 6) is 0.00984. The Hall–Kier alpha value is -0.530. The fourth-order valence-electron chi connectivity index (χ4n) is 3.13. The first-order chi connectivity index (χ1) is 11.7. The number of rotatable bonds is 18. The zero-order chi connectivity index (χ0) is 17.9. The summed E-state index contributed by atoms with van der Waals surface area (Å²) in [4.78, 5) is 11.8. The molecular formula is C22H44O2. The van der Waals surface area contributed by atoms with Crippen LogP contribution in [0.25, 0.3) is 0 Å². The molecule has 0 bridgehead atoms. The van der Waals surface area contributed by atoms with Crippen LogP contribution >= 0.6 is 0 Å². The summed E-state index contributed by atoms with van der Waals surface area (Å²) in [6.45, 7) is 6.55. The summed E-state index contributed by atoms with van der Waals surface area (Å²) in [5.41, 5.74) is 0. The highest BCUT2D eigenvalue weighted by Gasteiger charge is 2.08. The lowest BCUT2D eigenvalue weighted by molar-refractivity contribution is -0.148. The number of carbonyl (C=O) groups is 1. The zero-order valence-corrected chi connectivity index (χ0v) is 16.9. The van der Waals surface area contributed by atoms with Gasteiger partial charge in [0.1, 0.15) is 0 Å². The van der Waals surface area contributed by atoms with E-state index in [1.54, 1.807) is 0 Å². The first-order valence-corrected chi connectivity index (χ1v) is 10.9. The van der Waals surface area contributed by atoms with Gasteiger partial charge in [0.05, 0.1) is 6.10 Å². The van der Waals surface area contributed by atoms with Crippen molar-refractivity contribution >= 4 is 5.97 Å². The Bertz CT molecular complexity index is 263. The average molecular weight is 341 g/mol. The van der Waals surface area contributed by atoms with Gasteiger partial charge >= 0.3 is 5.97 Å². The molecule has 2 heteroatoms. The SMILES string of the molecule is CCCCCCCCCCC(C)OC(=O)CCCCCCCCC. The van der Waals surface area contributed by atoms with Crippen molar-refractivity contribution in [3.63, 3.8) is 0 Å². The molecule has 0 saturated heterocycles. The predicted molar refractivity (Wildman–Crippen MR) is 105 cm³/mol. The Labute approximate surface area is 152 Å². The van der Waals surface area contributed by atoms with Gasteiger partial charge < -0.3 is 4.74 Å². The first kappa shape index (κ1) is 23.5. The lowest BCUT2D eigenvalue weighted by Crippen LogP contribution is -2.14. The summed E-state index contributed by atoms with van der Waals surface area (Å²) < 4.78 is 5.52. The minimum Gasteiger partial charge on any atom is -0.463 e. The molecule has 0 N–H and O–H groups in total. The van der Waals surface area contributed by atoms with E-state index in [1.165, 1.54) is 89.9 Å². The van der Waals surface area contributed by atoms with Gasteiger partial charge in [-0.05, 0) is 26.2 Å². The topological polar surface area (TPSA) is 26.3 Å². The fraction of sp³-hybridized carbons (Fsp3) is 0.955. The van der Waals surface area contributed by atoms with Crippen LogP contribution in [0.5, 0.6) is 0 Å². The quantitative estimate of drug-likeness (QED) is 0.190. The Kier molecular flexibility index (Phi) is 18.4. The standard InChI is InChI=1S/C22H44O2/c1-4-6-8-10-12-14-15-17-19-21(3)24-22(23)20-18-16-13-11-9-7-5-2/h21H,4-20H2,1-3H3. The van der Waals surface area contributed by atoms with Crippen LogP contribution < -0.4 is 0 Å². The third-order valence-corrected chi connectivity index (χ3v) is 4.78. The number of hydrogen-bond donors (Lipinski definition) is 0. The normalized spacial score (nSPS) is 12.3. The van der Waals surface area contributed by atoms with Crippen molar-refractivity contribution < 1.29 is 9.53 Å². The number of hydrogen-bond acceptors (Lipinski definition) is 2. The number of ether oxygens (including phenoxy) is 1. The predicted octanol–water partition coefficient (Wildman–Crippen LogP) is 7.59. The molecule has 0 spiro atoms. The fourth-order valence-corrected chi connectivity index (χ4v) is 3.13.